The number of nitrogens with zero attached hydrogens (tertiary/aromatic N) is 3. The highest BCUT2D eigenvalue weighted by Crippen LogP contribution is 2.26. The van der Waals surface area contributed by atoms with Crippen molar-refractivity contribution in [1.82, 2.24) is 19.5 Å². The predicted octanol–water partition coefficient (Wildman–Crippen LogP) is 3.41. The lowest BCUT2D eigenvalue weighted by molar-refractivity contribution is 0.102. The van der Waals surface area contributed by atoms with Crippen LogP contribution in [0.25, 0.3) is 11.4 Å². The van der Waals surface area contributed by atoms with E-state index in [0.717, 1.165) is 5.56 Å². The van der Waals surface area contributed by atoms with E-state index in [0.29, 0.717) is 24.6 Å². The summed E-state index contributed by atoms with van der Waals surface area (Å²) in [6.07, 6.45) is 1.41. The van der Waals surface area contributed by atoms with Gasteiger partial charge in [0.1, 0.15) is 11.2 Å². The molecule has 29 heavy (non-hydrogen) atoms. The van der Waals surface area contributed by atoms with Gasteiger partial charge in [0.2, 0.25) is 10.0 Å². The molecule has 1 heterocycles. The largest absolute Gasteiger partial charge is 0.322 e. The Morgan fingerprint density at radius 2 is 1.83 bits per heavy atom. The number of anilines is 1. The Morgan fingerprint density at radius 3 is 2.41 bits per heavy atom. The third-order valence-electron chi connectivity index (χ3n) is 4.35. The van der Waals surface area contributed by atoms with Gasteiger partial charge in [-0.3, -0.25) is 9.89 Å². The Morgan fingerprint density at radius 1 is 1.14 bits per heavy atom. The van der Waals surface area contributed by atoms with Crippen LogP contribution in [0.5, 0.6) is 0 Å². The van der Waals surface area contributed by atoms with Crippen molar-refractivity contribution in [2.24, 2.45) is 0 Å². The Balaban J connectivity index is 1.83. The summed E-state index contributed by atoms with van der Waals surface area (Å²) in [5.41, 5.74) is 1.57. The highest BCUT2D eigenvalue weighted by Gasteiger charge is 2.25. The first kappa shape index (κ1) is 21.0. The van der Waals surface area contributed by atoms with Crippen molar-refractivity contribution in [3.63, 3.8) is 0 Å². The van der Waals surface area contributed by atoms with Crippen molar-refractivity contribution in [2.45, 2.75) is 18.7 Å². The molecule has 152 valence electrons. The van der Waals surface area contributed by atoms with Crippen LogP contribution in [0.15, 0.2) is 53.7 Å². The number of hydrogen-bond acceptors (Lipinski definition) is 5. The van der Waals surface area contributed by atoms with E-state index in [1.807, 2.05) is 0 Å². The van der Waals surface area contributed by atoms with Crippen LogP contribution in [0.3, 0.4) is 0 Å². The maximum Gasteiger partial charge on any atom is 0.255 e. The van der Waals surface area contributed by atoms with Gasteiger partial charge in [0, 0.05) is 29.9 Å². The monoisotopic (exact) mass is 433 g/mol. The average molecular weight is 434 g/mol. The molecule has 0 aliphatic carbocycles. The number of H-pyrrole nitrogens is 1. The fourth-order valence-electron chi connectivity index (χ4n) is 2.80. The van der Waals surface area contributed by atoms with Gasteiger partial charge < -0.3 is 5.32 Å². The van der Waals surface area contributed by atoms with E-state index in [4.69, 9.17) is 11.6 Å². The van der Waals surface area contributed by atoms with Crippen LogP contribution in [-0.2, 0) is 10.0 Å². The lowest BCUT2D eigenvalue weighted by Gasteiger charge is -2.19. The molecular weight excluding hydrogens is 414 g/mol. The number of sulfonamides is 1. The summed E-state index contributed by atoms with van der Waals surface area (Å²) in [6, 6.07) is 11.2. The van der Waals surface area contributed by atoms with Crippen molar-refractivity contribution < 1.29 is 13.2 Å². The number of carbonyl (C=O) groups excluding carboxylic acids is 1. The van der Waals surface area contributed by atoms with Crippen LogP contribution in [0.4, 0.5) is 5.69 Å². The Bertz CT molecular complexity index is 1100. The van der Waals surface area contributed by atoms with Crippen molar-refractivity contribution in [2.75, 3.05) is 18.4 Å². The maximum absolute atomic E-state index is 12.8. The molecule has 0 saturated carbocycles. The van der Waals surface area contributed by atoms with E-state index in [2.05, 4.69) is 20.5 Å². The second kappa shape index (κ2) is 8.73. The predicted molar refractivity (Wildman–Crippen MR) is 111 cm³/mol. The lowest BCUT2D eigenvalue weighted by Crippen LogP contribution is -2.31. The van der Waals surface area contributed by atoms with Gasteiger partial charge in [-0.15, -0.1) is 0 Å². The van der Waals surface area contributed by atoms with E-state index in [1.165, 1.54) is 28.8 Å². The van der Waals surface area contributed by atoms with E-state index in [9.17, 15) is 13.2 Å². The molecule has 2 aromatic carbocycles. The minimum atomic E-state index is -3.79. The molecule has 0 spiro atoms. The normalized spacial score (nSPS) is 11.6. The number of halogens is 1. The first-order valence-corrected chi connectivity index (χ1v) is 10.8. The van der Waals surface area contributed by atoms with Crippen LogP contribution in [0.1, 0.15) is 24.2 Å². The zero-order valence-electron chi connectivity index (χ0n) is 15.9. The molecule has 0 aliphatic rings. The zero-order valence-corrected chi connectivity index (χ0v) is 17.5. The zero-order chi connectivity index (χ0) is 21.0. The van der Waals surface area contributed by atoms with Gasteiger partial charge in [-0.1, -0.05) is 25.4 Å². The summed E-state index contributed by atoms with van der Waals surface area (Å²) in [6.45, 7) is 4.11. The fraction of sp³-hybridized carbons (Fsp3) is 0.211. The van der Waals surface area contributed by atoms with Crippen LogP contribution < -0.4 is 5.32 Å². The molecule has 0 fully saturated rings. The average Bonchev–Trinajstić information content (AvgIpc) is 3.24. The number of hydrogen-bond donors (Lipinski definition) is 2. The van der Waals surface area contributed by atoms with Gasteiger partial charge in [0.15, 0.2) is 5.82 Å². The number of benzene rings is 2. The Labute approximate surface area is 174 Å². The molecule has 0 radical (unpaired) electrons. The lowest BCUT2D eigenvalue weighted by atomic mass is 10.1. The van der Waals surface area contributed by atoms with Crippen molar-refractivity contribution in [1.29, 1.82) is 0 Å². The minimum absolute atomic E-state index is 0.0739. The number of carbonyl (C=O) groups is 1. The van der Waals surface area contributed by atoms with Crippen LogP contribution in [0, 0.1) is 0 Å². The molecule has 3 aromatic rings. The highest BCUT2D eigenvalue weighted by atomic mass is 35.5. The van der Waals surface area contributed by atoms with Crippen molar-refractivity contribution in [3.8, 4) is 11.4 Å². The molecule has 1 aromatic heterocycles. The summed E-state index contributed by atoms with van der Waals surface area (Å²) in [4.78, 5) is 16.6. The van der Waals surface area contributed by atoms with Gasteiger partial charge in [-0.2, -0.15) is 9.40 Å². The smallest absolute Gasteiger partial charge is 0.255 e. The second-order valence-corrected chi connectivity index (χ2v) is 8.41. The number of amides is 1. The first-order valence-electron chi connectivity index (χ1n) is 8.93. The van der Waals surface area contributed by atoms with Crippen molar-refractivity contribution in [3.05, 3.63) is 59.4 Å². The second-order valence-electron chi connectivity index (χ2n) is 6.10. The molecular formula is C19H20ClN5O3S. The molecule has 0 saturated heterocycles. The number of nitrogens with one attached hydrogen (secondary N) is 2. The summed E-state index contributed by atoms with van der Waals surface area (Å²) < 4.78 is 26.9. The third kappa shape index (κ3) is 4.47. The molecule has 0 atom stereocenters. The SMILES string of the molecule is CCN(CC)S(=O)(=O)c1cc(C(=O)Nc2ccc(-c3ncn[nH]3)cc2)ccc1Cl. The Hall–Kier alpha value is -2.75. The summed E-state index contributed by atoms with van der Waals surface area (Å²) in [5.74, 6) is 0.178. The van der Waals surface area contributed by atoms with E-state index >= 15 is 0 Å². The van der Waals surface area contributed by atoms with E-state index < -0.39 is 15.9 Å². The number of aromatic amines is 1. The first-order chi connectivity index (χ1) is 13.9. The highest BCUT2D eigenvalue weighted by molar-refractivity contribution is 7.89. The summed E-state index contributed by atoms with van der Waals surface area (Å²) in [7, 11) is -3.79. The van der Waals surface area contributed by atoms with Crippen molar-refractivity contribution >= 4 is 33.2 Å². The van der Waals surface area contributed by atoms with Gasteiger partial charge in [0.25, 0.3) is 5.91 Å². The topological polar surface area (TPSA) is 108 Å². The van der Waals surface area contributed by atoms with Gasteiger partial charge in [-0.05, 0) is 42.5 Å². The van der Waals surface area contributed by atoms with Crippen LogP contribution in [0.2, 0.25) is 5.02 Å². The minimum Gasteiger partial charge on any atom is -0.322 e. The van der Waals surface area contributed by atoms with Crippen LogP contribution in [-0.4, -0.2) is 46.9 Å². The standard InChI is InChI=1S/C19H20ClN5O3S/c1-3-25(4-2)29(27,28)17-11-14(7-10-16(17)20)19(26)23-15-8-5-13(6-9-15)18-21-12-22-24-18/h5-12H,3-4H2,1-2H3,(H,23,26)(H,21,22,24). The number of rotatable bonds is 7. The molecule has 0 aliphatic heterocycles. The van der Waals surface area contributed by atoms with E-state index in [-0.39, 0.29) is 15.5 Å². The molecule has 0 unspecified atom stereocenters. The molecule has 3 rings (SSSR count). The number of aromatic nitrogens is 3. The summed E-state index contributed by atoms with van der Waals surface area (Å²) >= 11 is 6.12. The molecule has 8 nitrogen and oxygen atoms in total. The van der Waals surface area contributed by atoms with Crippen LogP contribution >= 0.6 is 11.6 Å². The molecule has 10 heteroatoms. The fourth-order valence-corrected chi connectivity index (χ4v) is 4.76. The van der Waals surface area contributed by atoms with Gasteiger partial charge in [0.05, 0.1) is 5.02 Å². The summed E-state index contributed by atoms with van der Waals surface area (Å²) in [5, 5.41) is 9.38. The molecule has 2 N–H and O–H groups in total. The third-order valence-corrected chi connectivity index (χ3v) is 6.88. The maximum atomic E-state index is 12.8. The molecule has 0 bridgehead atoms. The van der Waals surface area contributed by atoms with Gasteiger partial charge >= 0.3 is 0 Å². The Kier molecular flexibility index (Phi) is 6.31. The van der Waals surface area contributed by atoms with E-state index in [1.54, 1.807) is 38.1 Å². The van der Waals surface area contributed by atoms with Gasteiger partial charge in [-0.25, -0.2) is 13.4 Å². The quantitative estimate of drug-likeness (QED) is 0.593. The molecule has 1 amide bonds.